The molecule has 1 aliphatic carbocycles. The largest absolute Gasteiger partial charge is 0.294 e. The molecule has 0 N–H and O–H groups in total. The highest BCUT2D eigenvalue weighted by Gasteiger charge is 2.51. The molecule has 0 aromatic heterocycles. The molecule has 5 heteroatoms. The molecule has 1 fully saturated rings. The van der Waals surface area contributed by atoms with Crippen molar-refractivity contribution in [1.29, 1.82) is 0 Å². The van der Waals surface area contributed by atoms with E-state index in [1.54, 1.807) is 54.6 Å². The summed E-state index contributed by atoms with van der Waals surface area (Å²) in [4.78, 5) is 12.6. The maximum absolute atomic E-state index is 12.4. The maximum atomic E-state index is 12.4. The number of rotatable bonds is 4. The Bertz CT molecular complexity index is 767. The summed E-state index contributed by atoms with van der Waals surface area (Å²) in [6, 6.07) is 15.3. The Balaban J connectivity index is 1.80. The van der Waals surface area contributed by atoms with Gasteiger partial charge in [0.25, 0.3) is 0 Å². The Hall–Kier alpha value is -1.46. The van der Waals surface area contributed by atoms with Crippen LogP contribution in [0.2, 0.25) is 0 Å². The number of carbonyl (C=O) groups is 1. The van der Waals surface area contributed by atoms with E-state index in [1.807, 2.05) is 0 Å². The van der Waals surface area contributed by atoms with E-state index in [0.29, 0.717) is 16.9 Å². The second kappa shape index (κ2) is 5.39. The molecule has 0 saturated heterocycles. The lowest BCUT2D eigenvalue weighted by molar-refractivity contribution is 0.0968. The summed E-state index contributed by atoms with van der Waals surface area (Å²) in [6.45, 7) is 0. The van der Waals surface area contributed by atoms with Crippen LogP contribution in [0.4, 0.5) is 0 Å². The van der Waals surface area contributed by atoms with E-state index in [4.69, 9.17) is 0 Å². The number of hydrogen-bond acceptors (Lipinski definition) is 3. The highest BCUT2D eigenvalue weighted by atomic mass is 79.9. The number of sulfone groups is 1. The summed E-state index contributed by atoms with van der Waals surface area (Å²) in [5.74, 6) is -0.511. The van der Waals surface area contributed by atoms with Crippen molar-refractivity contribution in [2.45, 2.75) is 16.6 Å². The van der Waals surface area contributed by atoms with Crippen molar-refractivity contribution in [2.24, 2.45) is 5.92 Å². The Kier molecular flexibility index (Phi) is 3.71. The van der Waals surface area contributed by atoms with E-state index in [9.17, 15) is 13.2 Å². The van der Waals surface area contributed by atoms with E-state index in [2.05, 4.69) is 15.9 Å². The molecule has 0 amide bonds. The molecular weight excluding hydrogens is 352 g/mol. The fraction of sp³-hybridized carbons (Fsp3) is 0.188. The van der Waals surface area contributed by atoms with Gasteiger partial charge in [0.15, 0.2) is 15.6 Å². The molecule has 2 aromatic carbocycles. The third-order valence-electron chi connectivity index (χ3n) is 3.67. The summed E-state index contributed by atoms with van der Waals surface area (Å²) in [5.41, 5.74) is 0.564. The van der Waals surface area contributed by atoms with Crippen LogP contribution in [0.25, 0.3) is 0 Å². The van der Waals surface area contributed by atoms with Crippen molar-refractivity contribution in [3.05, 3.63) is 64.6 Å². The van der Waals surface area contributed by atoms with Crippen molar-refractivity contribution in [1.82, 2.24) is 0 Å². The van der Waals surface area contributed by atoms with Crippen molar-refractivity contribution in [3.8, 4) is 0 Å². The van der Waals surface area contributed by atoms with Gasteiger partial charge in [0.2, 0.25) is 0 Å². The lowest BCUT2D eigenvalue weighted by Crippen LogP contribution is -2.13. The number of carbonyl (C=O) groups excluding carboxylic acids is 1. The van der Waals surface area contributed by atoms with Gasteiger partial charge in [0, 0.05) is 16.0 Å². The summed E-state index contributed by atoms with van der Waals surface area (Å²) >= 11 is 3.31. The average Bonchev–Trinajstić information content (AvgIpc) is 3.29. The highest BCUT2D eigenvalue weighted by Crippen LogP contribution is 2.42. The first kappa shape index (κ1) is 14.5. The van der Waals surface area contributed by atoms with Gasteiger partial charge in [-0.3, -0.25) is 4.79 Å². The van der Waals surface area contributed by atoms with Gasteiger partial charge in [-0.05, 0) is 30.7 Å². The zero-order valence-electron chi connectivity index (χ0n) is 11.1. The Morgan fingerprint density at radius 1 is 1.00 bits per heavy atom. The molecule has 0 unspecified atom stereocenters. The van der Waals surface area contributed by atoms with Gasteiger partial charge in [0.1, 0.15) is 0 Å². The predicted octanol–water partition coefficient (Wildman–Crippen LogP) is 3.49. The zero-order chi connectivity index (χ0) is 15.0. The second-order valence-electron chi connectivity index (χ2n) is 5.11. The molecule has 1 saturated carbocycles. The fourth-order valence-electron chi connectivity index (χ4n) is 2.40. The van der Waals surface area contributed by atoms with Crippen molar-refractivity contribution in [2.75, 3.05) is 0 Å². The first-order valence-corrected chi connectivity index (χ1v) is 8.93. The number of hydrogen-bond donors (Lipinski definition) is 0. The molecule has 2 aromatic rings. The quantitative estimate of drug-likeness (QED) is 0.780. The molecule has 108 valence electrons. The minimum atomic E-state index is -3.41. The molecule has 0 spiro atoms. The van der Waals surface area contributed by atoms with Crippen LogP contribution in [0.3, 0.4) is 0 Å². The maximum Gasteiger partial charge on any atom is 0.181 e. The van der Waals surface area contributed by atoms with Crippen molar-refractivity contribution < 1.29 is 13.2 Å². The monoisotopic (exact) mass is 364 g/mol. The Morgan fingerprint density at radius 2 is 1.62 bits per heavy atom. The van der Waals surface area contributed by atoms with E-state index in [1.165, 1.54) is 0 Å². The predicted molar refractivity (Wildman–Crippen MR) is 84.0 cm³/mol. The van der Waals surface area contributed by atoms with Gasteiger partial charge in [-0.1, -0.05) is 46.3 Å². The highest BCUT2D eigenvalue weighted by molar-refractivity contribution is 9.10. The van der Waals surface area contributed by atoms with Gasteiger partial charge < -0.3 is 0 Å². The average molecular weight is 365 g/mol. The summed E-state index contributed by atoms with van der Waals surface area (Å²) in [7, 11) is -3.41. The molecule has 21 heavy (non-hydrogen) atoms. The van der Waals surface area contributed by atoms with Crippen LogP contribution >= 0.6 is 15.9 Å². The van der Waals surface area contributed by atoms with Crippen LogP contribution in [-0.4, -0.2) is 19.5 Å². The molecular formula is C16H13BrO3S. The lowest BCUT2D eigenvalue weighted by Gasteiger charge is -2.04. The van der Waals surface area contributed by atoms with Gasteiger partial charge in [-0.2, -0.15) is 0 Å². The van der Waals surface area contributed by atoms with Crippen LogP contribution in [-0.2, 0) is 9.84 Å². The van der Waals surface area contributed by atoms with E-state index < -0.39 is 21.0 Å². The smallest absolute Gasteiger partial charge is 0.181 e. The topological polar surface area (TPSA) is 51.2 Å². The molecule has 3 rings (SSSR count). The van der Waals surface area contributed by atoms with E-state index in [0.717, 1.165) is 4.47 Å². The summed E-state index contributed by atoms with van der Waals surface area (Å²) < 4.78 is 25.8. The van der Waals surface area contributed by atoms with E-state index in [-0.39, 0.29) is 5.78 Å². The molecule has 3 nitrogen and oxygen atoms in total. The molecule has 2 atom stereocenters. The normalized spacial score (nSPS) is 21.0. The molecule has 0 heterocycles. The second-order valence-corrected chi connectivity index (χ2v) is 8.19. The van der Waals surface area contributed by atoms with Gasteiger partial charge >= 0.3 is 0 Å². The van der Waals surface area contributed by atoms with Gasteiger partial charge in [-0.25, -0.2) is 8.42 Å². The third-order valence-corrected chi connectivity index (χ3v) is 6.44. The number of Topliss-reactive ketones (excluding diaryl/α,β-unsaturated/α-hetero) is 1. The summed E-state index contributed by atoms with van der Waals surface area (Å²) in [6.07, 6.45) is 0.409. The first-order chi connectivity index (χ1) is 10.00. The van der Waals surface area contributed by atoms with Crippen molar-refractivity contribution in [3.63, 3.8) is 0 Å². The van der Waals surface area contributed by atoms with Crippen molar-refractivity contribution >= 4 is 31.6 Å². The van der Waals surface area contributed by atoms with Crippen LogP contribution in [0, 0.1) is 5.92 Å². The van der Waals surface area contributed by atoms with Gasteiger partial charge in [0.05, 0.1) is 10.1 Å². The third kappa shape index (κ3) is 2.80. The SMILES string of the molecule is O=C(c1ccc(Br)cc1)[C@H]1C[C@@H]1S(=O)(=O)c1ccccc1. The van der Waals surface area contributed by atoms with E-state index >= 15 is 0 Å². The Labute approximate surface area is 132 Å². The molecule has 0 aliphatic heterocycles. The molecule has 0 radical (unpaired) electrons. The molecule has 0 bridgehead atoms. The minimum absolute atomic E-state index is 0.0907. The fourth-order valence-corrected chi connectivity index (χ4v) is 4.57. The zero-order valence-corrected chi connectivity index (χ0v) is 13.5. The number of benzene rings is 2. The van der Waals surface area contributed by atoms with Crippen LogP contribution in [0.5, 0.6) is 0 Å². The van der Waals surface area contributed by atoms with Crippen LogP contribution < -0.4 is 0 Å². The van der Waals surface area contributed by atoms with Crippen LogP contribution in [0.15, 0.2) is 64.0 Å². The lowest BCUT2D eigenvalue weighted by atomic mass is 10.1. The standard InChI is InChI=1S/C16H13BrO3S/c17-12-8-6-11(7-9-12)16(18)14-10-15(14)21(19,20)13-4-2-1-3-5-13/h1-9,14-15H,10H2/t14-,15-/m0/s1. The van der Waals surface area contributed by atoms with Gasteiger partial charge in [-0.15, -0.1) is 0 Å². The van der Waals surface area contributed by atoms with Crippen LogP contribution in [0.1, 0.15) is 16.8 Å². The minimum Gasteiger partial charge on any atom is -0.294 e. The molecule has 1 aliphatic rings. The Morgan fingerprint density at radius 3 is 2.24 bits per heavy atom. The first-order valence-electron chi connectivity index (χ1n) is 6.59. The number of ketones is 1. The summed E-state index contributed by atoms with van der Waals surface area (Å²) in [5, 5.41) is -0.587. The number of halogens is 1.